The molecule has 8 nitrogen and oxygen atoms in total. The van der Waals surface area contributed by atoms with E-state index in [9.17, 15) is 19.8 Å². The van der Waals surface area contributed by atoms with Gasteiger partial charge < -0.3 is 20.0 Å². The van der Waals surface area contributed by atoms with Crippen LogP contribution < -0.4 is 0 Å². The first-order chi connectivity index (χ1) is 17.8. The van der Waals surface area contributed by atoms with Crippen LogP contribution in [0.4, 0.5) is 0 Å². The summed E-state index contributed by atoms with van der Waals surface area (Å²) in [4.78, 5) is 33.0. The predicted octanol–water partition coefficient (Wildman–Crippen LogP) is 2.35. The number of aliphatic carboxylic acids is 2. The summed E-state index contributed by atoms with van der Waals surface area (Å²) in [6.07, 6.45) is 4.59. The molecule has 1 aromatic rings. The van der Waals surface area contributed by atoms with Crippen molar-refractivity contribution in [1.82, 2.24) is 19.6 Å². The highest BCUT2D eigenvalue weighted by Crippen LogP contribution is 2.17. The first-order valence-electron chi connectivity index (χ1n) is 13.7. The molecule has 0 aliphatic carbocycles. The summed E-state index contributed by atoms with van der Waals surface area (Å²) in [5.41, 5.74) is 2.60. The van der Waals surface area contributed by atoms with E-state index in [1.165, 1.54) is 11.1 Å². The van der Waals surface area contributed by atoms with Crippen molar-refractivity contribution in [3.8, 4) is 0 Å². The number of hydrogen-bond acceptors (Lipinski definition) is 7. The molecular formula is C28H44N4O4S. The van der Waals surface area contributed by atoms with Crippen LogP contribution in [0.25, 0.3) is 0 Å². The van der Waals surface area contributed by atoms with E-state index < -0.39 is 11.9 Å². The molecule has 206 valence electrons. The Morgan fingerprint density at radius 2 is 1.27 bits per heavy atom. The van der Waals surface area contributed by atoms with Crippen LogP contribution in [0.2, 0.25) is 0 Å². The second-order valence-electron chi connectivity index (χ2n) is 10.6. The maximum atomic E-state index is 11.4. The van der Waals surface area contributed by atoms with Crippen LogP contribution in [0.15, 0.2) is 24.3 Å². The van der Waals surface area contributed by atoms with Gasteiger partial charge in [0.15, 0.2) is 0 Å². The Bertz CT molecular complexity index is 841. The molecule has 0 saturated carbocycles. The number of hydrogen-bond donors (Lipinski definition) is 2. The number of benzene rings is 1. The first-order valence-corrected chi connectivity index (χ1v) is 14.1. The minimum Gasteiger partial charge on any atom is -0.480 e. The smallest absolute Gasteiger partial charge is 0.317 e. The van der Waals surface area contributed by atoms with Gasteiger partial charge in [0.1, 0.15) is 0 Å². The molecule has 0 amide bonds. The molecule has 1 aromatic carbocycles. The first kappa shape index (κ1) is 29.6. The molecule has 2 bridgehead atoms. The summed E-state index contributed by atoms with van der Waals surface area (Å²) in [5, 5.41) is 18.8. The number of carboxylic acids is 2. The third-order valence-corrected chi connectivity index (χ3v) is 7.89. The second-order valence-corrected chi connectivity index (χ2v) is 11.2. The van der Waals surface area contributed by atoms with Gasteiger partial charge in [-0.25, -0.2) is 0 Å². The van der Waals surface area contributed by atoms with Crippen molar-refractivity contribution in [3.63, 3.8) is 0 Å². The number of carbonyl (C=O) groups is 2. The van der Waals surface area contributed by atoms with Gasteiger partial charge in [0.25, 0.3) is 0 Å². The zero-order valence-corrected chi connectivity index (χ0v) is 23.1. The standard InChI is InChI=1S/C28H44N4O4S/c1-2-26(37)18-24-7-5-23(6-8-24)17-25-19-29-9-3-11-31(21-27(33)34)15-14-30(20-25)10-4-12-32(16-13-29)22-28(35)36/h5-8,25H,2-4,9-22H2,1H3,(H,33,34)(H,35,36). The molecule has 0 aromatic heterocycles. The lowest BCUT2D eigenvalue weighted by Crippen LogP contribution is -2.41. The fourth-order valence-electron chi connectivity index (χ4n) is 5.51. The van der Waals surface area contributed by atoms with Gasteiger partial charge in [0.05, 0.1) is 13.1 Å². The van der Waals surface area contributed by atoms with E-state index in [1.54, 1.807) is 0 Å². The Morgan fingerprint density at radius 1 is 0.784 bits per heavy atom. The van der Waals surface area contributed by atoms with Gasteiger partial charge in [-0.1, -0.05) is 43.4 Å². The summed E-state index contributed by atoms with van der Waals surface area (Å²) < 4.78 is 0. The van der Waals surface area contributed by atoms with Crippen LogP contribution in [0.1, 0.15) is 37.3 Å². The molecular weight excluding hydrogens is 488 g/mol. The summed E-state index contributed by atoms with van der Waals surface area (Å²) in [6, 6.07) is 8.91. The van der Waals surface area contributed by atoms with E-state index in [0.29, 0.717) is 5.92 Å². The van der Waals surface area contributed by atoms with Gasteiger partial charge >= 0.3 is 11.9 Å². The molecule has 2 heterocycles. The minimum atomic E-state index is -0.773. The largest absolute Gasteiger partial charge is 0.480 e. The van der Waals surface area contributed by atoms with Gasteiger partial charge in [0.2, 0.25) is 0 Å². The molecule has 2 fully saturated rings. The molecule has 2 aliphatic heterocycles. The van der Waals surface area contributed by atoms with Crippen molar-refractivity contribution in [1.29, 1.82) is 0 Å². The lowest BCUT2D eigenvalue weighted by atomic mass is 9.96. The number of nitrogens with zero attached hydrogens (tertiary/aromatic N) is 4. The van der Waals surface area contributed by atoms with E-state index in [0.717, 1.165) is 102 Å². The number of fused-ring (bicyclic) bond motifs is 4. The summed E-state index contributed by atoms with van der Waals surface area (Å²) in [5.74, 6) is -1.10. The molecule has 2 unspecified atom stereocenters. The van der Waals surface area contributed by atoms with E-state index in [2.05, 4.69) is 50.8 Å². The van der Waals surface area contributed by atoms with Crippen LogP contribution >= 0.6 is 12.2 Å². The fraction of sp³-hybridized carbons (Fsp3) is 0.679. The van der Waals surface area contributed by atoms with Crippen molar-refractivity contribution in [2.75, 3.05) is 78.5 Å². The molecule has 9 heteroatoms. The monoisotopic (exact) mass is 532 g/mol. The van der Waals surface area contributed by atoms with Crippen LogP contribution in [-0.2, 0) is 22.4 Å². The van der Waals surface area contributed by atoms with Crippen molar-refractivity contribution in [2.45, 2.75) is 39.0 Å². The van der Waals surface area contributed by atoms with Crippen LogP contribution in [0.5, 0.6) is 0 Å². The summed E-state index contributed by atoms with van der Waals surface area (Å²) in [6.45, 7) is 10.6. The Hall–Kier alpha value is -1.91. The predicted molar refractivity (Wildman–Crippen MR) is 150 cm³/mol. The highest BCUT2D eigenvalue weighted by Gasteiger charge is 2.24. The normalized spacial score (nSPS) is 24.7. The number of thiocarbonyl (C=S) groups is 1. The lowest BCUT2D eigenvalue weighted by molar-refractivity contribution is -0.139. The van der Waals surface area contributed by atoms with Crippen LogP contribution in [-0.4, -0.2) is 125 Å². The van der Waals surface area contributed by atoms with Gasteiger partial charge in [-0.05, 0) is 60.7 Å². The molecule has 2 saturated heterocycles. The van der Waals surface area contributed by atoms with Crippen LogP contribution in [0, 0.1) is 5.92 Å². The van der Waals surface area contributed by atoms with E-state index in [1.807, 2.05) is 0 Å². The molecule has 2 N–H and O–H groups in total. The maximum absolute atomic E-state index is 11.4. The zero-order chi connectivity index (χ0) is 26.6. The summed E-state index contributed by atoms with van der Waals surface area (Å²) >= 11 is 5.42. The average Bonchev–Trinajstić information content (AvgIpc) is 2.90. The SMILES string of the molecule is CCC(=S)Cc1ccc(CC2CN3CCCN(CC(=O)O)CCN(CCCN(CC(=O)O)CC3)C2)cc1. The van der Waals surface area contributed by atoms with Crippen molar-refractivity contribution < 1.29 is 19.8 Å². The van der Waals surface area contributed by atoms with Gasteiger partial charge in [0, 0.05) is 58.8 Å². The van der Waals surface area contributed by atoms with Gasteiger partial charge in [-0.3, -0.25) is 19.4 Å². The highest BCUT2D eigenvalue weighted by atomic mass is 32.1. The molecule has 0 radical (unpaired) electrons. The van der Waals surface area contributed by atoms with Crippen LogP contribution in [0.3, 0.4) is 0 Å². The molecule has 0 spiro atoms. The van der Waals surface area contributed by atoms with E-state index >= 15 is 0 Å². The van der Waals surface area contributed by atoms with Crippen molar-refractivity contribution in [3.05, 3.63) is 35.4 Å². The van der Waals surface area contributed by atoms with Crippen molar-refractivity contribution >= 4 is 29.0 Å². The Kier molecular flexibility index (Phi) is 12.4. The number of carboxylic acid groups (broad SMARTS) is 2. The molecule has 3 rings (SSSR count). The third-order valence-electron chi connectivity index (χ3n) is 7.46. The fourth-order valence-corrected chi connectivity index (χ4v) is 5.68. The number of rotatable bonds is 9. The Balaban J connectivity index is 1.77. The topological polar surface area (TPSA) is 87.6 Å². The quantitative estimate of drug-likeness (QED) is 0.466. The van der Waals surface area contributed by atoms with Crippen molar-refractivity contribution in [2.24, 2.45) is 5.92 Å². The van der Waals surface area contributed by atoms with Gasteiger partial charge in [-0.2, -0.15) is 0 Å². The molecule has 2 atom stereocenters. The Labute approximate surface area is 227 Å². The molecule has 2 aliphatic rings. The third kappa shape index (κ3) is 11.2. The Morgan fingerprint density at radius 3 is 1.73 bits per heavy atom. The summed E-state index contributed by atoms with van der Waals surface area (Å²) in [7, 11) is 0. The zero-order valence-electron chi connectivity index (χ0n) is 22.3. The minimum absolute atomic E-state index is 0.0808. The maximum Gasteiger partial charge on any atom is 0.317 e. The second kappa shape index (κ2) is 15.5. The molecule has 37 heavy (non-hydrogen) atoms. The lowest BCUT2D eigenvalue weighted by Gasteiger charge is -2.31. The van der Waals surface area contributed by atoms with Gasteiger partial charge in [-0.15, -0.1) is 0 Å². The average molecular weight is 533 g/mol. The highest BCUT2D eigenvalue weighted by molar-refractivity contribution is 7.80. The van der Waals surface area contributed by atoms with E-state index in [-0.39, 0.29) is 13.1 Å². The van der Waals surface area contributed by atoms with E-state index in [4.69, 9.17) is 12.2 Å².